The van der Waals surface area contributed by atoms with Gasteiger partial charge in [0.1, 0.15) is 17.3 Å². The summed E-state index contributed by atoms with van der Waals surface area (Å²) >= 11 is 0. The van der Waals surface area contributed by atoms with Crippen molar-refractivity contribution in [3.63, 3.8) is 0 Å². The number of nitrogens with one attached hydrogen (secondary N) is 2. The van der Waals surface area contributed by atoms with E-state index in [4.69, 9.17) is 5.11 Å². The summed E-state index contributed by atoms with van der Waals surface area (Å²) in [6.07, 6.45) is -0.481. The fourth-order valence-corrected chi connectivity index (χ4v) is 2.96. The molecule has 0 aliphatic heterocycles. The van der Waals surface area contributed by atoms with Crippen LogP contribution in [0.4, 0.5) is 8.78 Å². The number of nitrogens with zero attached hydrogens (tertiary/aromatic N) is 1. The monoisotopic (exact) mass is 401 g/mol. The summed E-state index contributed by atoms with van der Waals surface area (Å²) in [5, 5.41) is 14.2. The van der Waals surface area contributed by atoms with Crippen LogP contribution in [0.2, 0.25) is 0 Å². The largest absolute Gasteiger partial charge is 0.481 e. The van der Waals surface area contributed by atoms with Gasteiger partial charge in [-0.15, -0.1) is 0 Å². The number of amides is 1. The molecule has 1 heterocycles. The van der Waals surface area contributed by atoms with Gasteiger partial charge in [0.25, 0.3) is 11.5 Å². The lowest BCUT2D eigenvalue weighted by atomic mass is 9.98. The number of aliphatic carboxylic acids is 1. The van der Waals surface area contributed by atoms with Gasteiger partial charge in [0, 0.05) is 6.07 Å². The fourth-order valence-electron chi connectivity index (χ4n) is 2.96. The number of aromatic amines is 1. The van der Waals surface area contributed by atoms with E-state index in [-0.39, 0.29) is 11.4 Å². The second-order valence-electron chi connectivity index (χ2n) is 6.45. The lowest BCUT2D eigenvalue weighted by Gasteiger charge is -2.19. The molecule has 0 aliphatic rings. The number of rotatable bonds is 6. The second kappa shape index (κ2) is 8.09. The summed E-state index contributed by atoms with van der Waals surface area (Å²) in [5.74, 6) is -3.07. The predicted octanol–water partition coefficient (Wildman–Crippen LogP) is 2.70. The maximum atomic E-state index is 13.6. The van der Waals surface area contributed by atoms with E-state index in [0.29, 0.717) is 11.1 Å². The van der Waals surface area contributed by atoms with Gasteiger partial charge in [0.15, 0.2) is 0 Å². The van der Waals surface area contributed by atoms with Crippen LogP contribution in [0.3, 0.4) is 0 Å². The molecule has 3 aromatic rings. The molecular weight excluding hydrogens is 384 g/mol. The minimum atomic E-state index is -1.19. The molecule has 0 radical (unpaired) electrons. The fraction of sp³-hybridized carbons (Fsp3) is 0.150. The van der Waals surface area contributed by atoms with Crippen LogP contribution < -0.4 is 10.9 Å². The van der Waals surface area contributed by atoms with Gasteiger partial charge in [-0.2, -0.15) is 0 Å². The third-order valence-electron chi connectivity index (χ3n) is 4.33. The molecule has 2 aromatic carbocycles. The summed E-state index contributed by atoms with van der Waals surface area (Å²) < 4.78 is 28.0. The van der Waals surface area contributed by atoms with Gasteiger partial charge in [-0.1, -0.05) is 12.1 Å². The molecule has 0 fully saturated rings. The molecule has 1 aromatic heterocycles. The van der Waals surface area contributed by atoms with Crippen molar-refractivity contribution in [2.45, 2.75) is 19.4 Å². The maximum Gasteiger partial charge on any atom is 0.305 e. The molecule has 1 unspecified atom stereocenters. The van der Waals surface area contributed by atoms with Crippen molar-refractivity contribution in [1.29, 1.82) is 0 Å². The van der Waals surface area contributed by atoms with Crippen LogP contribution in [-0.4, -0.2) is 26.8 Å². The highest BCUT2D eigenvalue weighted by Gasteiger charge is 2.22. The molecule has 0 aliphatic carbocycles. The number of benzene rings is 2. The Hall–Kier alpha value is -3.75. The average Bonchev–Trinajstić information content (AvgIpc) is 3.05. The lowest BCUT2D eigenvalue weighted by molar-refractivity contribution is -0.137. The second-order valence-corrected chi connectivity index (χ2v) is 6.45. The molecule has 7 nitrogen and oxygen atoms in total. The van der Waals surface area contributed by atoms with E-state index in [1.807, 2.05) is 0 Å². The summed E-state index contributed by atoms with van der Waals surface area (Å²) in [4.78, 5) is 36.0. The number of hydrogen-bond donors (Lipinski definition) is 3. The molecule has 1 amide bonds. The highest BCUT2D eigenvalue weighted by atomic mass is 19.1. The van der Waals surface area contributed by atoms with E-state index in [2.05, 4.69) is 10.4 Å². The number of carboxylic acid groups (broad SMARTS) is 1. The molecule has 0 spiro atoms. The van der Waals surface area contributed by atoms with E-state index >= 15 is 0 Å². The minimum Gasteiger partial charge on any atom is -0.481 e. The number of halogens is 2. The molecule has 9 heteroatoms. The van der Waals surface area contributed by atoms with Crippen molar-refractivity contribution in [2.24, 2.45) is 0 Å². The number of carbonyl (C=O) groups is 2. The van der Waals surface area contributed by atoms with Crippen LogP contribution in [0.15, 0.2) is 53.3 Å². The van der Waals surface area contributed by atoms with E-state index in [1.165, 1.54) is 30.3 Å². The summed E-state index contributed by atoms with van der Waals surface area (Å²) in [7, 11) is 0. The van der Waals surface area contributed by atoms with Crippen molar-refractivity contribution in [3.8, 4) is 5.69 Å². The summed E-state index contributed by atoms with van der Waals surface area (Å²) in [6, 6.07) is 9.07. The standard InChI is InChI=1S/C20H17F2N3O4/c1-11-5-6-13(22)8-15(11)16(10-19(27)28)23-20(29)17-9-18(26)25(24-17)14-4-2-3-12(21)7-14/h2-9,16,24H,10H2,1H3,(H,23,29)(H,27,28). The van der Waals surface area contributed by atoms with Gasteiger partial charge in [-0.05, 0) is 48.4 Å². The Morgan fingerprint density at radius 3 is 2.55 bits per heavy atom. The number of hydrogen-bond acceptors (Lipinski definition) is 3. The molecule has 29 heavy (non-hydrogen) atoms. The Kier molecular flexibility index (Phi) is 5.58. The normalized spacial score (nSPS) is 11.8. The van der Waals surface area contributed by atoms with Gasteiger partial charge < -0.3 is 10.4 Å². The predicted molar refractivity (Wildman–Crippen MR) is 99.9 cm³/mol. The minimum absolute atomic E-state index is 0.149. The van der Waals surface area contributed by atoms with Crippen molar-refractivity contribution in [2.75, 3.05) is 0 Å². The molecule has 0 bridgehead atoms. The van der Waals surface area contributed by atoms with Crippen LogP contribution in [-0.2, 0) is 4.79 Å². The van der Waals surface area contributed by atoms with Crippen LogP contribution >= 0.6 is 0 Å². The Morgan fingerprint density at radius 1 is 1.14 bits per heavy atom. The Bertz CT molecular complexity index is 1140. The summed E-state index contributed by atoms with van der Waals surface area (Å²) in [5.41, 5.74) is 0.356. The zero-order chi connectivity index (χ0) is 21.1. The third-order valence-corrected chi connectivity index (χ3v) is 4.33. The zero-order valence-electron chi connectivity index (χ0n) is 15.3. The molecule has 3 N–H and O–H groups in total. The van der Waals surface area contributed by atoms with E-state index in [1.54, 1.807) is 6.92 Å². The average molecular weight is 401 g/mol. The molecule has 0 saturated heterocycles. The highest BCUT2D eigenvalue weighted by molar-refractivity contribution is 5.92. The van der Waals surface area contributed by atoms with Crippen molar-refractivity contribution in [3.05, 3.63) is 87.3 Å². The lowest BCUT2D eigenvalue weighted by Crippen LogP contribution is -2.31. The molecule has 1 atom stereocenters. The van der Waals surface area contributed by atoms with E-state index in [0.717, 1.165) is 22.9 Å². The Morgan fingerprint density at radius 2 is 1.86 bits per heavy atom. The van der Waals surface area contributed by atoms with Crippen LogP contribution in [0.1, 0.15) is 34.1 Å². The van der Waals surface area contributed by atoms with Gasteiger partial charge in [0.2, 0.25) is 0 Å². The first-order valence-corrected chi connectivity index (χ1v) is 8.61. The van der Waals surface area contributed by atoms with Crippen LogP contribution in [0.25, 0.3) is 5.69 Å². The highest BCUT2D eigenvalue weighted by Crippen LogP contribution is 2.22. The van der Waals surface area contributed by atoms with Crippen LogP contribution in [0, 0.1) is 18.6 Å². The first-order valence-electron chi connectivity index (χ1n) is 8.61. The summed E-state index contributed by atoms with van der Waals surface area (Å²) in [6.45, 7) is 1.66. The smallest absolute Gasteiger partial charge is 0.305 e. The van der Waals surface area contributed by atoms with E-state index < -0.39 is 41.5 Å². The first kappa shape index (κ1) is 20.0. The number of aryl methyl sites for hydroxylation is 1. The third kappa shape index (κ3) is 4.57. The van der Waals surface area contributed by atoms with E-state index in [9.17, 15) is 23.2 Å². The number of H-pyrrole nitrogens is 1. The number of aromatic nitrogens is 2. The van der Waals surface area contributed by atoms with Gasteiger partial charge in [0.05, 0.1) is 18.2 Å². The first-order chi connectivity index (χ1) is 13.7. The molecular formula is C20H17F2N3O4. The van der Waals surface area contributed by atoms with Crippen molar-refractivity contribution >= 4 is 11.9 Å². The van der Waals surface area contributed by atoms with Gasteiger partial charge in [-0.3, -0.25) is 19.5 Å². The van der Waals surface area contributed by atoms with Gasteiger partial charge in [-0.25, -0.2) is 13.5 Å². The zero-order valence-corrected chi connectivity index (χ0v) is 15.3. The Balaban J connectivity index is 1.91. The topological polar surface area (TPSA) is 104 Å². The Labute approximate surface area is 163 Å². The molecule has 150 valence electrons. The maximum absolute atomic E-state index is 13.6. The van der Waals surface area contributed by atoms with Crippen LogP contribution in [0.5, 0.6) is 0 Å². The number of carbonyl (C=O) groups excluding carboxylic acids is 1. The quantitative estimate of drug-likeness (QED) is 0.591. The van der Waals surface area contributed by atoms with Gasteiger partial charge >= 0.3 is 5.97 Å². The molecule has 3 rings (SSSR count). The SMILES string of the molecule is Cc1ccc(F)cc1C(CC(=O)O)NC(=O)c1cc(=O)n(-c2cccc(F)c2)[nH]1. The van der Waals surface area contributed by atoms with Crippen molar-refractivity contribution < 1.29 is 23.5 Å². The molecule has 0 saturated carbocycles. The number of carboxylic acids is 1. The van der Waals surface area contributed by atoms with Crippen molar-refractivity contribution in [1.82, 2.24) is 15.1 Å².